The lowest BCUT2D eigenvalue weighted by molar-refractivity contribution is 0.214. The Morgan fingerprint density at radius 2 is 1.92 bits per heavy atom. The van der Waals surface area contributed by atoms with Gasteiger partial charge in [-0.15, -0.1) is 0 Å². The third kappa shape index (κ3) is 4.75. The van der Waals surface area contributed by atoms with Crippen LogP contribution >= 0.6 is 0 Å². The molecule has 0 bridgehead atoms. The molecule has 2 amide bonds. The average molecular weight is 344 g/mol. The minimum Gasteiger partial charge on any atom is -0.496 e. The second-order valence-electron chi connectivity index (χ2n) is 7.33. The highest BCUT2D eigenvalue weighted by Gasteiger charge is 2.30. The Bertz CT molecular complexity index is 718. The van der Waals surface area contributed by atoms with E-state index in [4.69, 9.17) is 4.74 Å². The van der Waals surface area contributed by atoms with Crippen LogP contribution in [0.4, 0.5) is 4.79 Å². The molecule has 6 heteroatoms. The summed E-state index contributed by atoms with van der Waals surface area (Å²) in [7, 11) is 3.50. The van der Waals surface area contributed by atoms with Crippen molar-refractivity contribution in [1.82, 2.24) is 20.4 Å². The highest BCUT2D eigenvalue weighted by molar-refractivity contribution is 5.75. The van der Waals surface area contributed by atoms with Crippen LogP contribution in [0.3, 0.4) is 0 Å². The molecule has 0 radical (unpaired) electrons. The average Bonchev–Trinajstić information content (AvgIpc) is 2.98. The number of nitrogens with zero attached hydrogens (tertiary/aromatic N) is 2. The molecule has 2 rings (SSSR count). The molecule has 6 nitrogen and oxygen atoms in total. The van der Waals surface area contributed by atoms with Gasteiger partial charge in [0.2, 0.25) is 0 Å². The van der Waals surface area contributed by atoms with Crippen molar-refractivity contribution in [1.29, 1.82) is 0 Å². The SMILES string of the molecule is COc1ccccc1C(NC(=O)NC(C)c1cnn(C)c1)C(C)(C)C. The maximum absolute atomic E-state index is 12.6. The first kappa shape index (κ1) is 18.8. The maximum Gasteiger partial charge on any atom is 0.315 e. The summed E-state index contributed by atoms with van der Waals surface area (Å²) in [5, 5.41) is 10.2. The zero-order valence-electron chi connectivity index (χ0n) is 15.8. The molecule has 0 aliphatic rings. The van der Waals surface area contributed by atoms with Crippen molar-refractivity contribution >= 4 is 6.03 Å². The van der Waals surface area contributed by atoms with Crippen LogP contribution in [0, 0.1) is 5.41 Å². The number of hydrogen-bond acceptors (Lipinski definition) is 3. The lowest BCUT2D eigenvalue weighted by Gasteiger charge is -2.33. The van der Waals surface area contributed by atoms with E-state index in [0.717, 1.165) is 16.9 Å². The lowest BCUT2D eigenvalue weighted by atomic mass is 9.82. The van der Waals surface area contributed by atoms with Crippen molar-refractivity contribution in [2.45, 2.75) is 39.8 Å². The van der Waals surface area contributed by atoms with Crippen molar-refractivity contribution in [2.75, 3.05) is 7.11 Å². The van der Waals surface area contributed by atoms with Gasteiger partial charge in [-0.3, -0.25) is 4.68 Å². The molecule has 0 aliphatic carbocycles. The molecule has 2 N–H and O–H groups in total. The van der Waals surface area contributed by atoms with Crippen LogP contribution < -0.4 is 15.4 Å². The number of nitrogens with one attached hydrogen (secondary N) is 2. The van der Waals surface area contributed by atoms with Gasteiger partial charge in [0, 0.05) is 24.4 Å². The number of rotatable bonds is 5. The van der Waals surface area contributed by atoms with Crippen LogP contribution in [-0.2, 0) is 7.05 Å². The van der Waals surface area contributed by atoms with Gasteiger partial charge in [-0.05, 0) is 18.4 Å². The van der Waals surface area contributed by atoms with E-state index in [2.05, 4.69) is 36.5 Å². The first-order valence-corrected chi connectivity index (χ1v) is 8.41. The number of methoxy groups -OCH3 is 1. The van der Waals surface area contributed by atoms with Crippen molar-refractivity contribution in [3.8, 4) is 5.75 Å². The van der Waals surface area contributed by atoms with Crippen LogP contribution in [-0.4, -0.2) is 22.9 Å². The van der Waals surface area contributed by atoms with Gasteiger partial charge in [0.25, 0.3) is 0 Å². The molecule has 0 fully saturated rings. The highest BCUT2D eigenvalue weighted by atomic mass is 16.5. The molecule has 1 aromatic heterocycles. The van der Waals surface area contributed by atoms with Crippen molar-refractivity contribution < 1.29 is 9.53 Å². The number of hydrogen-bond donors (Lipinski definition) is 2. The lowest BCUT2D eigenvalue weighted by Crippen LogP contribution is -2.43. The first-order valence-electron chi connectivity index (χ1n) is 8.41. The van der Waals surface area contributed by atoms with E-state index in [1.165, 1.54) is 0 Å². The monoisotopic (exact) mass is 344 g/mol. The third-order valence-corrected chi connectivity index (χ3v) is 4.16. The van der Waals surface area contributed by atoms with Gasteiger partial charge in [-0.1, -0.05) is 39.0 Å². The molecule has 2 atom stereocenters. The summed E-state index contributed by atoms with van der Waals surface area (Å²) in [5.74, 6) is 0.767. The molecule has 0 saturated heterocycles. The summed E-state index contributed by atoms with van der Waals surface area (Å²) in [6.07, 6.45) is 3.65. The van der Waals surface area contributed by atoms with E-state index in [1.54, 1.807) is 18.0 Å². The van der Waals surface area contributed by atoms with E-state index in [-0.39, 0.29) is 23.5 Å². The Morgan fingerprint density at radius 1 is 1.24 bits per heavy atom. The summed E-state index contributed by atoms with van der Waals surface area (Å²) in [6.45, 7) is 8.21. The largest absolute Gasteiger partial charge is 0.496 e. The number of para-hydroxylation sites is 1. The Labute approximate surface area is 149 Å². The van der Waals surface area contributed by atoms with E-state index >= 15 is 0 Å². The predicted octanol–water partition coefficient (Wildman–Crippen LogP) is 3.58. The second kappa shape index (κ2) is 7.59. The summed E-state index contributed by atoms with van der Waals surface area (Å²) in [6, 6.07) is 7.23. The minimum absolute atomic E-state index is 0.132. The van der Waals surface area contributed by atoms with E-state index in [9.17, 15) is 4.79 Å². The van der Waals surface area contributed by atoms with Crippen LogP contribution in [0.2, 0.25) is 0 Å². The Kier molecular flexibility index (Phi) is 5.72. The molecule has 1 heterocycles. The summed E-state index contributed by atoms with van der Waals surface area (Å²) < 4.78 is 7.19. The Balaban J connectivity index is 2.16. The molecule has 0 saturated carbocycles. The summed E-state index contributed by atoms with van der Waals surface area (Å²) in [4.78, 5) is 12.6. The quantitative estimate of drug-likeness (QED) is 0.871. The highest BCUT2D eigenvalue weighted by Crippen LogP contribution is 2.37. The minimum atomic E-state index is -0.220. The van der Waals surface area contributed by atoms with Crippen LogP contribution in [0.15, 0.2) is 36.7 Å². The van der Waals surface area contributed by atoms with Crippen molar-refractivity contribution in [2.24, 2.45) is 12.5 Å². The molecule has 2 unspecified atom stereocenters. The summed E-state index contributed by atoms with van der Waals surface area (Å²) in [5.41, 5.74) is 1.74. The first-order chi connectivity index (χ1) is 11.7. The van der Waals surface area contributed by atoms with Gasteiger partial charge < -0.3 is 15.4 Å². The fraction of sp³-hybridized carbons (Fsp3) is 0.474. The van der Waals surface area contributed by atoms with Gasteiger partial charge in [0.05, 0.1) is 25.4 Å². The van der Waals surface area contributed by atoms with Crippen LogP contribution in [0.5, 0.6) is 5.75 Å². The van der Waals surface area contributed by atoms with E-state index < -0.39 is 0 Å². The zero-order valence-corrected chi connectivity index (χ0v) is 15.8. The van der Waals surface area contributed by atoms with Gasteiger partial charge in [0.1, 0.15) is 5.75 Å². The van der Waals surface area contributed by atoms with Gasteiger partial charge in [-0.2, -0.15) is 5.10 Å². The van der Waals surface area contributed by atoms with Crippen LogP contribution in [0.1, 0.15) is 50.9 Å². The molecule has 136 valence electrons. The topological polar surface area (TPSA) is 68.2 Å². The number of amides is 2. The van der Waals surface area contributed by atoms with Crippen molar-refractivity contribution in [3.05, 3.63) is 47.8 Å². The number of benzene rings is 1. The molecule has 0 aliphatic heterocycles. The predicted molar refractivity (Wildman–Crippen MR) is 98.5 cm³/mol. The van der Waals surface area contributed by atoms with Crippen molar-refractivity contribution in [3.63, 3.8) is 0 Å². The molecular formula is C19H28N4O2. The molecule has 25 heavy (non-hydrogen) atoms. The number of urea groups is 1. The number of ether oxygens (including phenoxy) is 1. The van der Waals surface area contributed by atoms with Crippen LogP contribution in [0.25, 0.3) is 0 Å². The molecular weight excluding hydrogens is 316 g/mol. The number of aromatic nitrogens is 2. The standard InChI is InChI=1S/C19H28N4O2/c1-13(14-11-20-23(5)12-14)21-18(24)22-17(19(2,3)4)15-9-7-8-10-16(15)25-6/h7-13,17H,1-6H3,(H2,21,22,24). The normalized spacial score (nSPS) is 13.8. The number of aryl methyl sites for hydroxylation is 1. The zero-order chi connectivity index (χ0) is 18.6. The maximum atomic E-state index is 12.6. The van der Waals surface area contributed by atoms with E-state index in [0.29, 0.717) is 0 Å². The number of carbonyl (C=O) groups excluding carboxylic acids is 1. The Hall–Kier alpha value is -2.50. The Morgan fingerprint density at radius 3 is 2.48 bits per heavy atom. The number of carbonyl (C=O) groups is 1. The van der Waals surface area contributed by atoms with Gasteiger partial charge in [0.15, 0.2) is 0 Å². The van der Waals surface area contributed by atoms with Gasteiger partial charge in [-0.25, -0.2) is 4.79 Å². The smallest absolute Gasteiger partial charge is 0.315 e. The van der Waals surface area contributed by atoms with E-state index in [1.807, 2.05) is 44.4 Å². The fourth-order valence-electron chi connectivity index (χ4n) is 2.78. The van der Waals surface area contributed by atoms with Gasteiger partial charge >= 0.3 is 6.03 Å². The molecule has 0 spiro atoms. The molecule has 2 aromatic rings. The molecule has 1 aromatic carbocycles. The second-order valence-corrected chi connectivity index (χ2v) is 7.33. The third-order valence-electron chi connectivity index (χ3n) is 4.16. The fourth-order valence-corrected chi connectivity index (χ4v) is 2.78. The summed E-state index contributed by atoms with van der Waals surface area (Å²) >= 11 is 0.